The molecule has 3 aromatic rings. The second-order valence-corrected chi connectivity index (χ2v) is 9.07. The van der Waals surface area contributed by atoms with Gasteiger partial charge in [-0.05, 0) is 49.6 Å². The molecule has 0 saturated carbocycles. The van der Waals surface area contributed by atoms with Gasteiger partial charge < -0.3 is 20.3 Å². The van der Waals surface area contributed by atoms with Crippen molar-refractivity contribution < 1.29 is 13.9 Å². The third kappa shape index (κ3) is 4.39. The van der Waals surface area contributed by atoms with E-state index in [0.717, 1.165) is 44.7 Å². The van der Waals surface area contributed by atoms with E-state index in [9.17, 15) is 9.18 Å². The fourth-order valence-electron chi connectivity index (χ4n) is 4.78. The first-order valence-corrected chi connectivity index (χ1v) is 11.4. The van der Waals surface area contributed by atoms with Crippen LogP contribution in [0, 0.1) is 18.2 Å². The van der Waals surface area contributed by atoms with Crippen LogP contribution in [0.15, 0.2) is 49.4 Å². The lowest BCUT2D eigenvalue weighted by molar-refractivity contribution is -0.139. The van der Waals surface area contributed by atoms with Crippen molar-refractivity contribution in [3.63, 3.8) is 0 Å². The van der Waals surface area contributed by atoms with Crippen molar-refractivity contribution in [3.8, 4) is 22.9 Å². The van der Waals surface area contributed by atoms with E-state index in [2.05, 4.69) is 31.4 Å². The smallest absolute Gasteiger partial charge is 0.322 e. The Bertz CT molecular complexity index is 1280. The first-order valence-electron chi connectivity index (χ1n) is 11.4. The molecule has 0 bridgehead atoms. The molecule has 2 aliphatic heterocycles. The third-order valence-corrected chi connectivity index (χ3v) is 6.71. The molecule has 1 amide bonds. The number of carbonyl (C=O) groups excluding carboxylic acids is 1. The Morgan fingerprint density at radius 1 is 1.20 bits per heavy atom. The second kappa shape index (κ2) is 8.94. The summed E-state index contributed by atoms with van der Waals surface area (Å²) < 4.78 is 20.5. The molecule has 2 aliphatic rings. The van der Waals surface area contributed by atoms with Crippen molar-refractivity contribution in [1.82, 2.24) is 24.8 Å². The largest absolute Gasteiger partial charge is 0.421 e. The van der Waals surface area contributed by atoms with E-state index >= 15 is 0 Å². The van der Waals surface area contributed by atoms with Crippen LogP contribution < -0.4 is 15.4 Å². The van der Waals surface area contributed by atoms with Crippen molar-refractivity contribution >= 4 is 17.5 Å². The summed E-state index contributed by atoms with van der Waals surface area (Å²) in [5, 5.41) is 0. The summed E-state index contributed by atoms with van der Waals surface area (Å²) in [5.41, 5.74) is 8.23. The molecule has 5 rings (SSSR count). The monoisotopic (exact) mass is 475 g/mol. The number of halogens is 1. The molecule has 0 unspecified atom stereocenters. The van der Waals surface area contributed by atoms with Crippen LogP contribution in [0.2, 0.25) is 0 Å². The molecule has 180 valence electrons. The minimum atomic E-state index is -0.569. The van der Waals surface area contributed by atoms with Crippen LogP contribution in [0.4, 0.5) is 16.0 Å². The van der Waals surface area contributed by atoms with Crippen LogP contribution in [0.3, 0.4) is 0 Å². The van der Waals surface area contributed by atoms with Crippen molar-refractivity contribution in [2.75, 3.05) is 36.8 Å². The lowest BCUT2D eigenvalue weighted by Crippen LogP contribution is -2.61. The fourth-order valence-corrected chi connectivity index (χ4v) is 4.78. The molecule has 4 heterocycles. The van der Waals surface area contributed by atoms with Crippen LogP contribution in [0.25, 0.3) is 11.1 Å². The van der Waals surface area contributed by atoms with Gasteiger partial charge >= 0.3 is 6.01 Å². The molecular formula is C25H26FN7O2. The quantitative estimate of drug-likeness (QED) is 0.560. The summed E-state index contributed by atoms with van der Waals surface area (Å²) in [5.74, 6) is 0.366. The maximum absolute atomic E-state index is 15.0. The summed E-state index contributed by atoms with van der Waals surface area (Å²) in [6, 6.07) is 6.42. The molecule has 0 aliphatic carbocycles. The summed E-state index contributed by atoms with van der Waals surface area (Å²) in [4.78, 5) is 32.6. The summed E-state index contributed by atoms with van der Waals surface area (Å²) >= 11 is 0. The zero-order valence-corrected chi connectivity index (χ0v) is 19.4. The van der Waals surface area contributed by atoms with E-state index in [4.69, 9.17) is 10.5 Å². The van der Waals surface area contributed by atoms with E-state index < -0.39 is 5.82 Å². The zero-order valence-electron chi connectivity index (χ0n) is 19.4. The number of ether oxygens (including phenoxy) is 1. The molecule has 9 nitrogen and oxygen atoms in total. The number of benzene rings is 1. The summed E-state index contributed by atoms with van der Waals surface area (Å²) in [6.45, 7) is 8.39. The van der Waals surface area contributed by atoms with Gasteiger partial charge in [0.05, 0.1) is 5.56 Å². The fraction of sp³-hybridized carbons (Fsp3) is 0.320. The van der Waals surface area contributed by atoms with Crippen molar-refractivity contribution in [2.45, 2.75) is 19.8 Å². The van der Waals surface area contributed by atoms with Crippen molar-refractivity contribution in [1.29, 1.82) is 0 Å². The number of rotatable bonds is 5. The lowest BCUT2D eigenvalue weighted by atomic mass is 9.72. The van der Waals surface area contributed by atoms with Crippen molar-refractivity contribution in [3.05, 3.63) is 61.0 Å². The van der Waals surface area contributed by atoms with Gasteiger partial charge in [0.1, 0.15) is 18.0 Å². The first-order chi connectivity index (χ1) is 16.9. The van der Waals surface area contributed by atoms with E-state index in [1.54, 1.807) is 25.3 Å². The molecule has 2 fully saturated rings. The Kier molecular flexibility index (Phi) is 5.80. The van der Waals surface area contributed by atoms with Gasteiger partial charge in [-0.3, -0.25) is 4.79 Å². The number of hydrogen-bond donors (Lipinski definition) is 1. The van der Waals surface area contributed by atoms with Crippen molar-refractivity contribution in [2.24, 2.45) is 5.41 Å². The Balaban J connectivity index is 1.35. The first kappa shape index (κ1) is 22.7. The number of aromatic nitrogens is 4. The SMILES string of the molecule is C=CC(=O)N1CC2(CCN(c3ncnc(N)c3-c3ccc(Oc4nccc(C)n4)c(F)c3)CC2)C1. The zero-order chi connectivity index (χ0) is 24.6. The Labute approximate surface area is 202 Å². The van der Waals surface area contributed by atoms with E-state index in [0.29, 0.717) is 16.9 Å². The normalized spacial score (nSPS) is 16.6. The number of nitrogen functional groups attached to an aromatic ring is 1. The predicted octanol–water partition coefficient (Wildman–Crippen LogP) is 3.37. The third-order valence-electron chi connectivity index (χ3n) is 6.71. The highest BCUT2D eigenvalue weighted by molar-refractivity contribution is 5.88. The molecule has 1 aromatic carbocycles. The van der Waals surface area contributed by atoms with Crippen LogP contribution in [-0.2, 0) is 4.79 Å². The van der Waals surface area contributed by atoms with Gasteiger partial charge in [-0.1, -0.05) is 12.6 Å². The number of hydrogen-bond acceptors (Lipinski definition) is 8. The average molecular weight is 476 g/mol. The number of carbonyl (C=O) groups is 1. The van der Waals surface area contributed by atoms with E-state index in [-0.39, 0.29) is 28.9 Å². The Morgan fingerprint density at radius 2 is 1.97 bits per heavy atom. The van der Waals surface area contributed by atoms with Crippen LogP contribution in [-0.4, -0.2) is 56.9 Å². The molecule has 35 heavy (non-hydrogen) atoms. The molecule has 0 radical (unpaired) electrons. The molecule has 1 spiro atoms. The van der Waals surface area contributed by atoms with Gasteiger partial charge in [-0.2, -0.15) is 0 Å². The van der Waals surface area contributed by atoms with Gasteiger partial charge in [0.15, 0.2) is 11.6 Å². The van der Waals surface area contributed by atoms with Crippen LogP contribution in [0.1, 0.15) is 18.5 Å². The molecule has 2 N–H and O–H groups in total. The minimum Gasteiger partial charge on any atom is -0.421 e. The number of nitrogens with zero attached hydrogens (tertiary/aromatic N) is 6. The van der Waals surface area contributed by atoms with Crippen LogP contribution in [0.5, 0.6) is 11.8 Å². The summed E-state index contributed by atoms with van der Waals surface area (Å²) in [7, 11) is 0. The molecule has 2 saturated heterocycles. The second-order valence-electron chi connectivity index (χ2n) is 9.07. The van der Waals surface area contributed by atoms with Gasteiger partial charge in [0.2, 0.25) is 5.91 Å². The standard InChI is InChI=1S/C25H26FN7O2/c1-3-20(34)33-13-25(14-33)7-10-32(11-8-25)23-21(22(27)29-15-30-23)17-4-5-19(18(26)12-17)35-24-28-9-6-16(2)31-24/h3-6,9,12,15H,1,7-8,10-11,13-14H2,2H3,(H2,27,29,30). The molecular weight excluding hydrogens is 449 g/mol. The topological polar surface area (TPSA) is 110 Å². The van der Waals surface area contributed by atoms with E-state index in [1.807, 2.05) is 4.90 Å². The number of likely N-dealkylation sites (tertiary alicyclic amines) is 1. The highest BCUT2D eigenvalue weighted by Crippen LogP contribution is 2.43. The Morgan fingerprint density at radius 3 is 2.66 bits per heavy atom. The lowest BCUT2D eigenvalue weighted by Gasteiger charge is -2.54. The number of amides is 1. The summed E-state index contributed by atoms with van der Waals surface area (Å²) in [6.07, 6.45) is 6.19. The number of aryl methyl sites for hydroxylation is 1. The van der Waals surface area contributed by atoms with E-state index in [1.165, 1.54) is 24.5 Å². The molecule has 2 aromatic heterocycles. The predicted molar refractivity (Wildman–Crippen MR) is 129 cm³/mol. The van der Waals surface area contributed by atoms with Gasteiger partial charge in [-0.25, -0.2) is 24.3 Å². The molecule has 10 heteroatoms. The number of piperidine rings is 1. The van der Waals surface area contributed by atoms with Gasteiger partial charge in [-0.15, -0.1) is 0 Å². The highest BCUT2D eigenvalue weighted by Gasteiger charge is 2.46. The number of anilines is 2. The van der Waals surface area contributed by atoms with Crippen LogP contribution >= 0.6 is 0 Å². The Hall–Kier alpha value is -4.08. The minimum absolute atomic E-state index is 0.0137. The average Bonchev–Trinajstić information content (AvgIpc) is 2.83. The number of nitrogens with two attached hydrogens (primary N) is 1. The maximum Gasteiger partial charge on any atom is 0.322 e. The molecule has 0 atom stereocenters. The highest BCUT2D eigenvalue weighted by atomic mass is 19.1. The maximum atomic E-state index is 15.0. The van der Waals surface area contributed by atoms with Gasteiger partial charge in [0.25, 0.3) is 0 Å². The van der Waals surface area contributed by atoms with Gasteiger partial charge in [0, 0.05) is 43.5 Å².